The Balaban J connectivity index is 2.56. The van der Waals surface area contributed by atoms with Crippen LogP contribution in [0.25, 0.3) is 0 Å². The van der Waals surface area contributed by atoms with Crippen molar-refractivity contribution in [3.05, 3.63) is 24.3 Å². The number of carboxylic acid groups (broad SMARTS) is 1. The molecule has 0 radical (unpaired) electrons. The fourth-order valence-corrected chi connectivity index (χ4v) is 2.18. The first-order valence-corrected chi connectivity index (χ1v) is 6.82. The number of benzene rings is 1. The molecule has 3 nitrogen and oxygen atoms in total. The molecule has 1 N–H and O–H groups in total. The van der Waals surface area contributed by atoms with E-state index < -0.39 is 5.97 Å². The molecule has 1 aromatic carbocycles. The number of carbonyl (C=O) groups is 1. The fraction of sp³-hybridized carbons (Fsp3) is 0.462. The van der Waals surface area contributed by atoms with Crippen LogP contribution in [-0.4, -0.2) is 30.9 Å². The standard InChI is InChI=1S/C13H19NO2S/c1-10(8-13(15)16)9-14(2)11-4-6-12(17-3)7-5-11/h4-7,10H,8-9H2,1-3H3,(H,15,16). The number of thioether (sulfide) groups is 1. The molecule has 1 rings (SSSR count). The summed E-state index contributed by atoms with van der Waals surface area (Å²) in [6.07, 6.45) is 2.26. The van der Waals surface area contributed by atoms with Crippen LogP contribution in [0.1, 0.15) is 13.3 Å². The van der Waals surface area contributed by atoms with Crippen LogP contribution in [0, 0.1) is 5.92 Å². The predicted octanol–water partition coefficient (Wildman–Crippen LogP) is 2.96. The van der Waals surface area contributed by atoms with Crippen molar-refractivity contribution in [1.82, 2.24) is 0 Å². The first-order valence-electron chi connectivity index (χ1n) is 5.60. The Kier molecular flexibility index (Phi) is 5.35. The van der Waals surface area contributed by atoms with Crippen LogP contribution >= 0.6 is 11.8 Å². The third-order valence-electron chi connectivity index (χ3n) is 2.62. The van der Waals surface area contributed by atoms with Crippen molar-refractivity contribution in [1.29, 1.82) is 0 Å². The van der Waals surface area contributed by atoms with E-state index in [0.717, 1.165) is 12.2 Å². The summed E-state index contributed by atoms with van der Waals surface area (Å²) in [4.78, 5) is 13.9. The third-order valence-corrected chi connectivity index (χ3v) is 3.37. The van der Waals surface area contributed by atoms with Crippen molar-refractivity contribution in [3.8, 4) is 0 Å². The number of anilines is 1. The van der Waals surface area contributed by atoms with Gasteiger partial charge < -0.3 is 10.0 Å². The molecule has 0 heterocycles. The lowest BCUT2D eigenvalue weighted by molar-refractivity contribution is -0.137. The van der Waals surface area contributed by atoms with Crippen LogP contribution < -0.4 is 4.90 Å². The molecule has 0 aliphatic carbocycles. The molecular weight excluding hydrogens is 234 g/mol. The van der Waals surface area contributed by atoms with Gasteiger partial charge >= 0.3 is 5.97 Å². The van der Waals surface area contributed by atoms with Crippen molar-refractivity contribution in [2.24, 2.45) is 5.92 Å². The van der Waals surface area contributed by atoms with Gasteiger partial charge in [0, 0.05) is 30.6 Å². The Morgan fingerprint density at radius 1 is 1.41 bits per heavy atom. The molecule has 0 aromatic heterocycles. The average Bonchev–Trinajstić information content (AvgIpc) is 2.28. The number of hydrogen-bond donors (Lipinski definition) is 1. The molecule has 17 heavy (non-hydrogen) atoms. The van der Waals surface area contributed by atoms with Gasteiger partial charge in [0.25, 0.3) is 0 Å². The lowest BCUT2D eigenvalue weighted by Crippen LogP contribution is -2.25. The van der Waals surface area contributed by atoms with Crippen LogP contribution in [0.3, 0.4) is 0 Å². The zero-order valence-electron chi connectivity index (χ0n) is 10.5. The first-order chi connectivity index (χ1) is 8.02. The molecule has 0 saturated heterocycles. The van der Waals surface area contributed by atoms with Crippen LogP contribution in [0.2, 0.25) is 0 Å². The lowest BCUT2D eigenvalue weighted by atomic mass is 10.1. The normalized spacial score (nSPS) is 12.2. The van der Waals surface area contributed by atoms with Gasteiger partial charge in [-0.1, -0.05) is 6.92 Å². The molecule has 0 spiro atoms. The van der Waals surface area contributed by atoms with Gasteiger partial charge in [-0.3, -0.25) is 4.79 Å². The number of carboxylic acids is 1. The quantitative estimate of drug-likeness (QED) is 0.791. The second-order valence-electron chi connectivity index (χ2n) is 4.28. The third kappa shape index (κ3) is 4.69. The summed E-state index contributed by atoms with van der Waals surface area (Å²) in [5, 5.41) is 8.71. The zero-order chi connectivity index (χ0) is 12.8. The van der Waals surface area contributed by atoms with Crippen LogP contribution in [0.4, 0.5) is 5.69 Å². The summed E-state index contributed by atoms with van der Waals surface area (Å²) < 4.78 is 0. The van der Waals surface area contributed by atoms with E-state index in [2.05, 4.69) is 29.2 Å². The summed E-state index contributed by atoms with van der Waals surface area (Å²) in [6, 6.07) is 8.30. The Bertz CT molecular complexity index is 364. The maximum Gasteiger partial charge on any atom is 0.303 e. The van der Waals surface area contributed by atoms with Crippen LogP contribution in [-0.2, 0) is 4.79 Å². The van der Waals surface area contributed by atoms with Crippen molar-refractivity contribution in [2.75, 3.05) is 24.7 Å². The van der Waals surface area contributed by atoms with Gasteiger partial charge in [0.15, 0.2) is 0 Å². The minimum atomic E-state index is -0.733. The van der Waals surface area contributed by atoms with Gasteiger partial charge in [-0.25, -0.2) is 0 Å². The molecular formula is C13H19NO2S. The minimum absolute atomic E-state index is 0.151. The Morgan fingerprint density at radius 2 is 2.00 bits per heavy atom. The molecule has 1 atom stereocenters. The Hall–Kier alpha value is -1.16. The summed E-state index contributed by atoms with van der Waals surface area (Å²) in [5.41, 5.74) is 1.13. The van der Waals surface area contributed by atoms with Gasteiger partial charge in [0.05, 0.1) is 0 Å². The highest BCUT2D eigenvalue weighted by atomic mass is 32.2. The molecule has 1 aromatic rings. The number of hydrogen-bond acceptors (Lipinski definition) is 3. The van der Waals surface area contributed by atoms with Crippen molar-refractivity contribution >= 4 is 23.4 Å². The number of rotatable bonds is 6. The maximum atomic E-state index is 10.6. The van der Waals surface area contributed by atoms with Crippen LogP contribution in [0.5, 0.6) is 0 Å². The predicted molar refractivity (Wildman–Crippen MR) is 72.9 cm³/mol. The van der Waals surface area contributed by atoms with Gasteiger partial charge in [-0.2, -0.15) is 0 Å². The molecule has 0 aliphatic heterocycles. The average molecular weight is 253 g/mol. The van der Waals surface area contributed by atoms with Crippen molar-refractivity contribution < 1.29 is 9.90 Å². The topological polar surface area (TPSA) is 40.5 Å². The van der Waals surface area contributed by atoms with Crippen molar-refractivity contribution in [2.45, 2.75) is 18.2 Å². The van der Waals surface area contributed by atoms with E-state index in [1.807, 2.05) is 20.2 Å². The smallest absolute Gasteiger partial charge is 0.303 e. The zero-order valence-corrected chi connectivity index (χ0v) is 11.3. The lowest BCUT2D eigenvalue weighted by Gasteiger charge is -2.22. The molecule has 0 aliphatic rings. The fourth-order valence-electron chi connectivity index (χ4n) is 1.77. The summed E-state index contributed by atoms with van der Waals surface area (Å²) >= 11 is 1.72. The van der Waals surface area contributed by atoms with E-state index in [0.29, 0.717) is 0 Å². The van der Waals surface area contributed by atoms with Gasteiger partial charge in [-0.15, -0.1) is 11.8 Å². The summed E-state index contributed by atoms with van der Waals surface area (Å²) in [6.45, 7) is 2.71. The molecule has 1 unspecified atom stereocenters. The monoisotopic (exact) mass is 253 g/mol. The minimum Gasteiger partial charge on any atom is -0.481 e. The van der Waals surface area contributed by atoms with Crippen LogP contribution in [0.15, 0.2) is 29.2 Å². The SMILES string of the molecule is CSc1ccc(N(C)CC(C)CC(=O)O)cc1. The summed E-state index contributed by atoms with van der Waals surface area (Å²) in [5.74, 6) is -0.582. The van der Waals surface area contributed by atoms with E-state index in [9.17, 15) is 4.79 Å². The Labute approximate surface area is 107 Å². The van der Waals surface area contributed by atoms with E-state index in [4.69, 9.17) is 5.11 Å². The first kappa shape index (κ1) is 13.9. The molecule has 94 valence electrons. The van der Waals surface area contributed by atoms with Gasteiger partial charge in [0.2, 0.25) is 0 Å². The second-order valence-corrected chi connectivity index (χ2v) is 5.16. The molecule has 0 saturated carbocycles. The molecule has 4 heteroatoms. The summed E-state index contributed by atoms with van der Waals surface area (Å²) in [7, 11) is 1.99. The van der Waals surface area contributed by atoms with E-state index in [1.165, 1.54) is 4.90 Å². The highest BCUT2D eigenvalue weighted by Gasteiger charge is 2.10. The van der Waals surface area contributed by atoms with Gasteiger partial charge in [0.1, 0.15) is 0 Å². The molecule has 0 amide bonds. The van der Waals surface area contributed by atoms with Gasteiger partial charge in [-0.05, 0) is 36.4 Å². The van der Waals surface area contributed by atoms with E-state index >= 15 is 0 Å². The second kappa shape index (κ2) is 6.55. The molecule has 0 fully saturated rings. The van der Waals surface area contributed by atoms with E-state index in [-0.39, 0.29) is 12.3 Å². The highest BCUT2D eigenvalue weighted by molar-refractivity contribution is 7.98. The molecule has 0 bridgehead atoms. The largest absolute Gasteiger partial charge is 0.481 e. The number of nitrogens with zero attached hydrogens (tertiary/aromatic N) is 1. The highest BCUT2D eigenvalue weighted by Crippen LogP contribution is 2.20. The number of aliphatic carboxylic acids is 1. The van der Waals surface area contributed by atoms with Crippen molar-refractivity contribution in [3.63, 3.8) is 0 Å². The Morgan fingerprint density at radius 3 is 2.47 bits per heavy atom. The maximum absolute atomic E-state index is 10.6. The van der Waals surface area contributed by atoms with E-state index in [1.54, 1.807) is 11.8 Å².